The van der Waals surface area contributed by atoms with Crippen molar-refractivity contribution < 1.29 is 62.0 Å². The molecule has 6 rings (SSSR count). The third-order valence-electron chi connectivity index (χ3n) is 15.4. The van der Waals surface area contributed by atoms with Crippen LogP contribution in [0.25, 0.3) is 4.85 Å². The minimum atomic E-state index is -1.69. The number of esters is 5. The van der Waals surface area contributed by atoms with E-state index in [9.17, 15) is 24.0 Å². The number of ketones is 2. The summed E-state index contributed by atoms with van der Waals surface area (Å²) in [6.45, 7) is 26.5. The molecule has 0 bridgehead atoms. The van der Waals surface area contributed by atoms with Gasteiger partial charge in [0.05, 0.1) is 12.0 Å². The minimum absolute atomic E-state index is 0.0961. The van der Waals surface area contributed by atoms with Gasteiger partial charge in [-0.3, -0.25) is 28.8 Å². The summed E-state index contributed by atoms with van der Waals surface area (Å²) in [7, 11) is 0. The third kappa shape index (κ3) is 7.12. The molecule has 5 aliphatic carbocycles. The smallest absolute Gasteiger partial charge is 0.314 e. The Balaban J connectivity index is 1.42. The molecular formula is C45H59NO13. The molecule has 0 aromatic carbocycles. The molecule has 1 saturated heterocycles. The topological polar surface area (TPSA) is 179 Å². The first-order valence-electron chi connectivity index (χ1n) is 20.7. The Kier molecular flexibility index (Phi) is 11.2. The number of rotatable bonds is 7. The Morgan fingerprint density at radius 2 is 1.37 bits per heavy atom. The van der Waals surface area contributed by atoms with E-state index in [1.165, 1.54) is 6.92 Å². The van der Waals surface area contributed by atoms with E-state index >= 15 is 9.59 Å². The molecule has 1 heterocycles. The van der Waals surface area contributed by atoms with Crippen LogP contribution in [0.5, 0.6) is 0 Å². The third-order valence-corrected chi connectivity index (χ3v) is 15.4. The van der Waals surface area contributed by atoms with Crippen molar-refractivity contribution in [2.45, 2.75) is 152 Å². The standard InChI is InChI=1S/C45H59NO13/c1-23(47)54-22-30-34(55-24(2)48)35(56-25(3)49)36(57-26(4)50)38(58-30)59-39(53)45-17-15-40(5,6)20-27(45)33-29(51)19-32-42(9)21-28(46-12)37(52)41(7,8)31(42)13-14-43(32,10)44(33,11)16-18-45/h19,21,27,30-31,33-36,38H,13-18,20,22H2,1-11H3. The van der Waals surface area contributed by atoms with E-state index in [0.29, 0.717) is 38.5 Å². The Morgan fingerprint density at radius 1 is 0.780 bits per heavy atom. The lowest BCUT2D eigenvalue weighted by atomic mass is 9.34. The minimum Gasteiger partial charge on any atom is -0.463 e. The molecule has 3 saturated carbocycles. The zero-order valence-electron chi connectivity index (χ0n) is 36.2. The van der Waals surface area contributed by atoms with Crippen LogP contribution in [0.3, 0.4) is 0 Å². The molecule has 1 aliphatic heterocycles. The van der Waals surface area contributed by atoms with Crippen molar-refractivity contribution in [3.8, 4) is 0 Å². The van der Waals surface area contributed by atoms with E-state index in [4.69, 9.17) is 35.0 Å². The van der Waals surface area contributed by atoms with Crippen LogP contribution in [-0.4, -0.2) is 78.7 Å². The highest BCUT2D eigenvalue weighted by Gasteiger charge is 2.71. The number of hydrogen-bond donors (Lipinski definition) is 0. The van der Waals surface area contributed by atoms with Crippen LogP contribution in [0.15, 0.2) is 23.4 Å². The van der Waals surface area contributed by atoms with E-state index in [2.05, 4.69) is 39.5 Å². The Bertz CT molecular complexity index is 1960. The molecule has 0 N–H and O–H groups in total. The van der Waals surface area contributed by atoms with Crippen LogP contribution in [0.1, 0.15) is 121 Å². The molecule has 0 aromatic heterocycles. The second kappa shape index (κ2) is 15.0. The Morgan fingerprint density at radius 3 is 1.97 bits per heavy atom. The fraction of sp³-hybridized carbons (Fsp3) is 0.733. The van der Waals surface area contributed by atoms with Crippen molar-refractivity contribution in [3.63, 3.8) is 0 Å². The molecule has 14 nitrogen and oxygen atoms in total. The highest BCUT2D eigenvalue weighted by atomic mass is 16.7. The monoisotopic (exact) mass is 821 g/mol. The van der Waals surface area contributed by atoms with Crippen LogP contribution in [0.4, 0.5) is 0 Å². The van der Waals surface area contributed by atoms with Crippen LogP contribution >= 0.6 is 0 Å². The van der Waals surface area contributed by atoms with Crippen molar-refractivity contribution in [2.75, 3.05) is 6.61 Å². The lowest BCUT2D eigenvalue weighted by Crippen LogP contribution is -2.67. The first-order valence-corrected chi connectivity index (χ1v) is 20.7. The van der Waals surface area contributed by atoms with Gasteiger partial charge in [-0.05, 0) is 79.1 Å². The van der Waals surface area contributed by atoms with Crippen molar-refractivity contribution in [3.05, 3.63) is 34.8 Å². The molecule has 0 spiro atoms. The highest BCUT2D eigenvalue weighted by molar-refractivity contribution is 6.03. The normalized spacial score (nSPS) is 40.4. The number of carbonyl (C=O) groups excluding carboxylic acids is 7. The zero-order chi connectivity index (χ0) is 43.8. The predicted octanol–water partition coefficient (Wildman–Crippen LogP) is 6.19. The van der Waals surface area contributed by atoms with Crippen LogP contribution in [-0.2, 0) is 62.0 Å². The van der Waals surface area contributed by atoms with Gasteiger partial charge in [0.25, 0.3) is 0 Å². The number of Topliss-reactive ketones (excluding diaryl/α,β-unsaturated/α-hetero) is 1. The maximum atomic E-state index is 15.2. The summed E-state index contributed by atoms with van der Waals surface area (Å²) in [6.07, 6.45) is -0.0567. The van der Waals surface area contributed by atoms with Gasteiger partial charge < -0.3 is 33.2 Å². The van der Waals surface area contributed by atoms with Crippen molar-refractivity contribution in [2.24, 2.45) is 50.2 Å². The van der Waals surface area contributed by atoms with E-state index in [0.717, 1.165) is 32.8 Å². The predicted molar refractivity (Wildman–Crippen MR) is 208 cm³/mol. The first kappa shape index (κ1) is 44.2. The number of nitrogens with zero attached hydrogens (tertiary/aromatic N) is 1. The molecule has 14 heteroatoms. The fourth-order valence-corrected chi connectivity index (χ4v) is 12.5. The first-order chi connectivity index (χ1) is 27.3. The van der Waals surface area contributed by atoms with Crippen LogP contribution < -0.4 is 0 Å². The molecular weight excluding hydrogens is 762 g/mol. The molecule has 0 amide bonds. The SMILES string of the molecule is [C-]#[N+]C1=CC2(C)C3=CC(=O)C4C5CC(C)(C)CCC5(C(=O)OC5OC(COC(C)=O)C(OC(C)=O)C(OC(C)=O)C5OC(C)=O)CCC4(C)C3(C)CCC2C(C)(C)C1=O. The Hall–Kier alpha value is -4.38. The van der Waals surface area contributed by atoms with Gasteiger partial charge in [0, 0.05) is 44.4 Å². The second-order valence-electron chi connectivity index (χ2n) is 19.9. The molecule has 0 radical (unpaired) electrons. The molecule has 12 atom stereocenters. The molecule has 59 heavy (non-hydrogen) atoms. The number of allylic oxidation sites excluding steroid dienone is 4. The second-order valence-corrected chi connectivity index (χ2v) is 19.9. The van der Waals surface area contributed by atoms with Gasteiger partial charge in [0.1, 0.15) is 12.7 Å². The van der Waals surface area contributed by atoms with E-state index in [1.54, 1.807) is 12.2 Å². The van der Waals surface area contributed by atoms with Crippen molar-refractivity contribution >= 4 is 41.4 Å². The summed E-state index contributed by atoms with van der Waals surface area (Å²) in [5.41, 5.74) is -3.03. The van der Waals surface area contributed by atoms with Crippen LogP contribution in [0.2, 0.25) is 0 Å². The fourth-order valence-electron chi connectivity index (χ4n) is 12.5. The summed E-state index contributed by atoms with van der Waals surface area (Å²) in [5.74, 6) is -5.22. The summed E-state index contributed by atoms with van der Waals surface area (Å²) >= 11 is 0. The van der Waals surface area contributed by atoms with E-state index in [-0.39, 0.29) is 28.6 Å². The largest absolute Gasteiger partial charge is 0.463 e. The maximum absolute atomic E-state index is 15.2. The molecule has 12 unspecified atom stereocenters. The quantitative estimate of drug-likeness (QED) is 0.162. The maximum Gasteiger partial charge on any atom is 0.314 e. The summed E-state index contributed by atoms with van der Waals surface area (Å²) in [6, 6.07) is 0. The summed E-state index contributed by atoms with van der Waals surface area (Å²) in [5, 5.41) is 0. The Labute approximate surface area is 346 Å². The van der Waals surface area contributed by atoms with Gasteiger partial charge in [0.15, 0.2) is 23.8 Å². The van der Waals surface area contributed by atoms with Gasteiger partial charge in [-0.1, -0.05) is 60.1 Å². The zero-order valence-corrected chi connectivity index (χ0v) is 36.2. The number of hydrogen-bond acceptors (Lipinski definition) is 13. The average molecular weight is 822 g/mol. The van der Waals surface area contributed by atoms with Gasteiger partial charge in [-0.2, -0.15) is 0 Å². The van der Waals surface area contributed by atoms with Crippen LogP contribution in [0, 0.1) is 56.8 Å². The van der Waals surface area contributed by atoms with Gasteiger partial charge >= 0.3 is 29.8 Å². The van der Waals surface area contributed by atoms with E-state index < -0.39 is 106 Å². The molecule has 6 aliphatic rings. The lowest BCUT2D eigenvalue weighted by molar-refractivity contribution is -0.305. The molecule has 322 valence electrons. The summed E-state index contributed by atoms with van der Waals surface area (Å²) < 4.78 is 34.4. The van der Waals surface area contributed by atoms with Gasteiger partial charge in [-0.25, -0.2) is 4.85 Å². The lowest BCUT2D eigenvalue weighted by Gasteiger charge is -2.69. The van der Waals surface area contributed by atoms with Gasteiger partial charge in [0.2, 0.25) is 18.1 Å². The summed E-state index contributed by atoms with van der Waals surface area (Å²) in [4.78, 5) is 96.6. The number of carbonyl (C=O) groups is 7. The van der Waals surface area contributed by atoms with Crippen molar-refractivity contribution in [1.82, 2.24) is 0 Å². The number of ether oxygens (including phenoxy) is 6. The molecule has 0 aromatic rings. The number of fused-ring (bicyclic) bond motifs is 7. The van der Waals surface area contributed by atoms with E-state index in [1.807, 2.05) is 13.8 Å². The van der Waals surface area contributed by atoms with Gasteiger partial charge in [-0.15, -0.1) is 0 Å². The average Bonchev–Trinajstić information content (AvgIpc) is 3.11. The van der Waals surface area contributed by atoms with Crippen molar-refractivity contribution in [1.29, 1.82) is 0 Å². The molecule has 4 fully saturated rings. The highest BCUT2D eigenvalue weighted by Crippen LogP contribution is 2.74.